The summed E-state index contributed by atoms with van der Waals surface area (Å²) in [5, 5.41) is 3.55. The normalized spacial score (nSPS) is 12.1. The van der Waals surface area contributed by atoms with Gasteiger partial charge in [0, 0.05) is 22.3 Å². The van der Waals surface area contributed by atoms with Gasteiger partial charge in [0.15, 0.2) is 0 Å². The van der Waals surface area contributed by atoms with E-state index in [0.717, 1.165) is 15.9 Å². The van der Waals surface area contributed by atoms with Gasteiger partial charge in [-0.15, -0.1) is 0 Å². The van der Waals surface area contributed by atoms with E-state index in [1.165, 1.54) is 22.3 Å². The number of halogens is 1. The van der Waals surface area contributed by atoms with Crippen molar-refractivity contribution in [2.24, 2.45) is 0 Å². The number of aryl methyl sites for hydroxylation is 3. The number of hydrogen-bond donors (Lipinski definition) is 1. The minimum absolute atomic E-state index is 0.239. The number of methoxy groups -OCH3 is 1. The van der Waals surface area contributed by atoms with E-state index < -0.39 is 0 Å². The van der Waals surface area contributed by atoms with E-state index in [1.54, 1.807) is 7.11 Å². The van der Waals surface area contributed by atoms with Crippen LogP contribution in [0.25, 0.3) is 0 Å². The second-order valence-corrected chi connectivity index (χ2v) is 6.45. The summed E-state index contributed by atoms with van der Waals surface area (Å²) in [6, 6.07) is 10.8. The molecule has 2 nitrogen and oxygen atoms in total. The van der Waals surface area contributed by atoms with Crippen LogP contribution < -0.4 is 10.1 Å². The van der Waals surface area contributed by atoms with Crippen LogP contribution in [0.3, 0.4) is 0 Å². The molecule has 0 aliphatic heterocycles. The molecule has 0 heterocycles. The van der Waals surface area contributed by atoms with Crippen LogP contribution in [-0.2, 0) is 0 Å². The second kappa shape index (κ2) is 6.52. The van der Waals surface area contributed by atoms with Crippen molar-refractivity contribution in [3.05, 3.63) is 57.1 Å². The third kappa shape index (κ3) is 3.79. The molecule has 0 saturated heterocycles. The fourth-order valence-corrected chi connectivity index (χ4v) is 3.01. The van der Waals surface area contributed by atoms with Crippen LogP contribution in [-0.4, -0.2) is 7.11 Å². The van der Waals surface area contributed by atoms with Crippen LogP contribution in [0.15, 0.2) is 34.8 Å². The summed E-state index contributed by atoms with van der Waals surface area (Å²) in [6.07, 6.45) is 0. The Morgan fingerprint density at radius 1 is 0.952 bits per heavy atom. The molecule has 112 valence electrons. The molecular weight excluding hydrogens is 326 g/mol. The largest absolute Gasteiger partial charge is 0.497 e. The van der Waals surface area contributed by atoms with E-state index in [2.05, 4.69) is 67.1 Å². The maximum Gasteiger partial charge on any atom is 0.122 e. The average molecular weight is 348 g/mol. The minimum Gasteiger partial charge on any atom is -0.497 e. The quantitative estimate of drug-likeness (QED) is 0.781. The molecule has 1 N–H and O–H groups in total. The topological polar surface area (TPSA) is 21.3 Å². The summed E-state index contributed by atoms with van der Waals surface area (Å²) in [7, 11) is 1.68. The molecule has 0 aliphatic rings. The molecule has 2 rings (SSSR count). The Morgan fingerprint density at radius 3 is 2.29 bits per heavy atom. The Balaban J connectivity index is 2.27. The molecule has 0 amide bonds. The molecule has 21 heavy (non-hydrogen) atoms. The molecule has 0 bridgehead atoms. The zero-order valence-electron chi connectivity index (χ0n) is 13.3. The molecule has 0 fully saturated rings. The lowest BCUT2D eigenvalue weighted by Crippen LogP contribution is -2.09. The summed E-state index contributed by atoms with van der Waals surface area (Å²) >= 11 is 3.52. The van der Waals surface area contributed by atoms with Crippen LogP contribution in [0.4, 0.5) is 5.69 Å². The van der Waals surface area contributed by atoms with Gasteiger partial charge in [-0.05, 0) is 62.1 Å². The van der Waals surface area contributed by atoms with Gasteiger partial charge in [0.05, 0.1) is 7.11 Å². The zero-order valence-corrected chi connectivity index (χ0v) is 14.8. The lowest BCUT2D eigenvalue weighted by Gasteiger charge is -2.20. The fraction of sp³-hybridized carbons (Fsp3) is 0.333. The highest BCUT2D eigenvalue weighted by Crippen LogP contribution is 2.29. The first-order chi connectivity index (χ1) is 9.90. The average Bonchev–Trinajstić information content (AvgIpc) is 2.42. The van der Waals surface area contributed by atoms with Crippen molar-refractivity contribution in [1.82, 2.24) is 0 Å². The summed E-state index contributed by atoms with van der Waals surface area (Å²) in [5.74, 6) is 0.843. The monoisotopic (exact) mass is 347 g/mol. The summed E-state index contributed by atoms with van der Waals surface area (Å²) in [5.41, 5.74) is 6.37. The van der Waals surface area contributed by atoms with E-state index in [-0.39, 0.29) is 6.04 Å². The van der Waals surface area contributed by atoms with Gasteiger partial charge in [-0.25, -0.2) is 0 Å². The Kier molecular flexibility index (Phi) is 4.94. The van der Waals surface area contributed by atoms with Crippen LogP contribution in [0.1, 0.15) is 35.2 Å². The molecule has 0 aliphatic carbocycles. The van der Waals surface area contributed by atoms with Gasteiger partial charge in [-0.1, -0.05) is 28.1 Å². The standard InChI is InChI=1S/C18H22BrNO/c1-11-6-13(3)18(7-12(11)2)14(4)20-16-8-15(19)9-17(10-16)21-5/h6-10,14,20H,1-5H3. The lowest BCUT2D eigenvalue weighted by atomic mass is 9.96. The predicted molar refractivity (Wildman–Crippen MR) is 93.4 cm³/mol. The summed E-state index contributed by atoms with van der Waals surface area (Å²) in [6.45, 7) is 8.67. The molecule has 2 aromatic carbocycles. The Bertz CT molecular complexity index is 652. The first-order valence-electron chi connectivity index (χ1n) is 7.09. The van der Waals surface area contributed by atoms with Crippen molar-refractivity contribution in [3.63, 3.8) is 0 Å². The van der Waals surface area contributed by atoms with Crippen LogP contribution in [0, 0.1) is 20.8 Å². The van der Waals surface area contributed by atoms with Crippen molar-refractivity contribution >= 4 is 21.6 Å². The highest BCUT2D eigenvalue weighted by Gasteiger charge is 2.11. The number of ether oxygens (including phenoxy) is 1. The summed E-state index contributed by atoms with van der Waals surface area (Å²) in [4.78, 5) is 0. The van der Waals surface area contributed by atoms with Crippen molar-refractivity contribution in [2.75, 3.05) is 12.4 Å². The molecule has 2 aromatic rings. The fourth-order valence-electron chi connectivity index (χ4n) is 2.54. The van der Waals surface area contributed by atoms with Gasteiger partial charge in [0.2, 0.25) is 0 Å². The number of anilines is 1. The van der Waals surface area contributed by atoms with Crippen LogP contribution >= 0.6 is 15.9 Å². The first-order valence-corrected chi connectivity index (χ1v) is 7.89. The number of nitrogens with one attached hydrogen (secondary N) is 1. The summed E-state index contributed by atoms with van der Waals surface area (Å²) < 4.78 is 6.32. The van der Waals surface area contributed by atoms with Gasteiger partial charge in [-0.3, -0.25) is 0 Å². The Morgan fingerprint density at radius 2 is 1.62 bits per heavy atom. The molecule has 0 spiro atoms. The van der Waals surface area contributed by atoms with Gasteiger partial charge in [0.1, 0.15) is 5.75 Å². The van der Waals surface area contributed by atoms with Gasteiger partial charge < -0.3 is 10.1 Å². The third-order valence-electron chi connectivity index (χ3n) is 3.84. The van der Waals surface area contributed by atoms with Crippen LogP contribution in [0.2, 0.25) is 0 Å². The van der Waals surface area contributed by atoms with E-state index in [1.807, 2.05) is 12.1 Å². The second-order valence-electron chi connectivity index (χ2n) is 5.54. The molecule has 3 heteroatoms. The molecular formula is C18H22BrNO. The van der Waals surface area contributed by atoms with E-state index in [4.69, 9.17) is 4.74 Å². The zero-order chi connectivity index (χ0) is 15.6. The Labute approximate surface area is 135 Å². The molecule has 1 atom stereocenters. The predicted octanol–water partition coefficient (Wildman–Crippen LogP) is 5.56. The SMILES string of the molecule is COc1cc(Br)cc(NC(C)c2cc(C)c(C)cc2C)c1. The molecule has 1 unspecified atom stereocenters. The Hall–Kier alpha value is -1.48. The van der Waals surface area contributed by atoms with Crippen molar-refractivity contribution in [1.29, 1.82) is 0 Å². The van der Waals surface area contributed by atoms with Gasteiger partial charge >= 0.3 is 0 Å². The van der Waals surface area contributed by atoms with Crippen molar-refractivity contribution < 1.29 is 4.74 Å². The smallest absolute Gasteiger partial charge is 0.122 e. The van der Waals surface area contributed by atoms with Crippen molar-refractivity contribution in [2.45, 2.75) is 33.7 Å². The maximum atomic E-state index is 5.31. The van der Waals surface area contributed by atoms with Gasteiger partial charge in [-0.2, -0.15) is 0 Å². The molecule has 0 radical (unpaired) electrons. The first kappa shape index (κ1) is 15.9. The molecule has 0 saturated carbocycles. The van der Waals surface area contributed by atoms with E-state index >= 15 is 0 Å². The number of benzene rings is 2. The highest BCUT2D eigenvalue weighted by atomic mass is 79.9. The highest BCUT2D eigenvalue weighted by molar-refractivity contribution is 9.10. The maximum absolute atomic E-state index is 5.31. The van der Waals surface area contributed by atoms with Gasteiger partial charge in [0.25, 0.3) is 0 Å². The number of rotatable bonds is 4. The number of hydrogen-bond acceptors (Lipinski definition) is 2. The lowest BCUT2D eigenvalue weighted by molar-refractivity contribution is 0.414. The minimum atomic E-state index is 0.239. The van der Waals surface area contributed by atoms with E-state index in [9.17, 15) is 0 Å². The van der Waals surface area contributed by atoms with Crippen LogP contribution in [0.5, 0.6) is 5.75 Å². The third-order valence-corrected chi connectivity index (χ3v) is 4.30. The van der Waals surface area contributed by atoms with Crippen molar-refractivity contribution in [3.8, 4) is 5.75 Å². The van der Waals surface area contributed by atoms with E-state index in [0.29, 0.717) is 0 Å². The molecule has 0 aromatic heterocycles.